The lowest BCUT2D eigenvalue weighted by Gasteiger charge is -2.22. The van der Waals surface area contributed by atoms with Crippen molar-refractivity contribution in [1.82, 2.24) is 14.3 Å². The number of ether oxygens (including phenoxy) is 1. The highest BCUT2D eigenvalue weighted by molar-refractivity contribution is 7.89. The summed E-state index contributed by atoms with van der Waals surface area (Å²) in [5, 5.41) is 20.3. The van der Waals surface area contributed by atoms with E-state index in [1.54, 1.807) is 24.3 Å². The minimum atomic E-state index is -3.94. The molecule has 0 saturated carbocycles. The molecule has 1 aliphatic heterocycles. The van der Waals surface area contributed by atoms with Gasteiger partial charge in [-0.3, -0.25) is 4.79 Å². The molecule has 1 unspecified atom stereocenters. The number of fused-ring (bicyclic) bond motifs is 1. The monoisotopic (exact) mass is 486 g/mol. The third kappa shape index (κ3) is 4.57. The van der Waals surface area contributed by atoms with Crippen molar-refractivity contribution in [3.8, 4) is 6.07 Å². The average Bonchev–Trinajstić information content (AvgIpc) is 3.46. The van der Waals surface area contributed by atoms with Gasteiger partial charge < -0.3 is 14.8 Å². The number of aliphatic hydroxyl groups is 1. The van der Waals surface area contributed by atoms with Crippen LogP contribution < -0.4 is 0 Å². The molecule has 4 rings (SSSR count). The molecule has 2 N–H and O–H groups in total. The predicted molar refractivity (Wildman–Crippen MR) is 121 cm³/mol. The summed E-state index contributed by atoms with van der Waals surface area (Å²) in [7, 11) is -3.94. The van der Waals surface area contributed by atoms with E-state index in [0.717, 1.165) is 4.31 Å². The lowest BCUT2D eigenvalue weighted by Crippen LogP contribution is -2.41. The maximum absolute atomic E-state index is 13.0. The van der Waals surface area contributed by atoms with Crippen LogP contribution >= 0.6 is 11.6 Å². The van der Waals surface area contributed by atoms with Crippen molar-refractivity contribution in [3.63, 3.8) is 0 Å². The smallest absolute Gasteiger partial charge is 0.324 e. The first-order valence-electron chi connectivity index (χ1n) is 10.0. The summed E-state index contributed by atoms with van der Waals surface area (Å²) in [6.07, 6.45) is 0.766. The second-order valence-corrected chi connectivity index (χ2v) is 9.70. The zero-order valence-electron chi connectivity index (χ0n) is 17.2. The van der Waals surface area contributed by atoms with E-state index in [2.05, 4.69) is 9.97 Å². The molecule has 1 aromatic heterocycles. The number of hydrogen-bond donors (Lipinski definition) is 2. The maximum atomic E-state index is 13.0. The van der Waals surface area contributed by atoms with Crippen LogP contribution in [-0.2, 0) is 19.6 Å². The third-order valence-electron chi connectivity index (χ3n) is 5.27. The molecule has 1 aliphatic rings. The van der Waals surface area contributed by atoms with E-state index in [4.69, 9.17) is 16.3 Å². The summed E-state index contributed by atoms with van der Waals surface area (Å²) in [5.74, 6) is -1.16. The van der Waals surface area contributed by atoms with E-state index in [1.165, 1.54) is 24.3 Å². The first kappa shape index (κ1) is 22.8. The quantitative estimate of drug-likeness (QED) is 0.309. The number of para-hydroxylation sites is 2. The molecule has 1 fully saturated rings. The zero-order valence-corrected chi connectivity index (χ0v) is 18.8. The van der Waals surface area contributed by atoms with Gasteiger partial charge in [-0.05, 0) is 49.2 Å². The fourth-order valence-electron chi connectivity index (χ4n) is 3.64. The Hall–Kier alpha value is -3.39. The number of H-pyrrole nitrogens is 1. The predicted octanol–water partition coefficient (Wildman–Crippen LogP) is 3.41. The number of aromatic amines is 1. The van der Waals surface area contributed by atoms with Crippen LogP contribution in [0.25, 0.3) is 16.6 Å². The highest BCUT2D eigenvalue weighted by Gasteiger charge is 2.40. The molecular formula is C22H19ClN4O5S. The molecular weight excluding hydrogens is 468 g/mol. The van der Waals surface area contributed by atoms with E-state index in [9.17, 15) is 23.6 Å². The summed E-state index contributed by atoms with van der Waals surface area (Å²) in [5.41, 5.74) is 1.12. The van der Waals surface area contributed by atoms with Crippen molar-refractivity contribution in [3.05, 3.63) is 65.1 Å². The van der Waals surface area contributed by atoms with E-state index in [-0.39, 0.29) is 29.3 Å². The van der Waals surface area contributed by atoms with Gasteiger partial charge in [0.25, 0.3) is 0 Å². The second-order valence-electron chi connectivity index (χ2n) is 7.37. The number of carbonyl (C=O) groups is 1. The molecule has 9 nitrogen and oxygen atoms in total. The number of esters is 1. The normalized spacial score (nSPS) is 17.5. The van der Waals surface area contributed by atoms with Crippen molar-refractivity contribution in [2.45, 2.75) is 23.8 Å². The Kier molecular flexibility index (Phi) is 6.37. The van der Waals surface area contributed by atoms with Gasteiger partial charge in [0.05, 0.1) is 15.9 Å². The Labute approximate surface area is 194 Å². The topological polar surface area (TPSA) is 136 Å². The molecule has 0 radical (unpaired) electrons. The highest BCUT2D eigenvalue weighted by atomic mass is 35.5. The number of imidazole rings is 1. The summed E-state index contributed by atoms with van der Waals surface area (Å²) < 4.78 is 32.2. The first-order chi connectivity index (χ1) is 15.8. The minimum Gasteiger partial charge on any atom is -0.507 e. The standard InChI is InChI=1S/C22H19ClN4O5S/c23-14-7-9-15(10-8-14)33(30,31)27-11-3-6-19(27)22(29)32-13-20(28)16(12-24)21-25-17-4-1-2-5-18(17)26-21/h1-2,4-5,7-10,19,28H,3,6,11,13H2,(H,25,26)/b20-16-. The van der Waals surface area contributed by atoms with Gasteiger partial charge in [0.1, 0.15) is 24.3 Å². The van der Waals surface area contributed by atoms with E-state index >= 15 is 0 Å². The number of nitrogens with zero attached hydrogens (tertiary/aromatic N) is 3. The molecule has 0 amide bonds. The average molecular weight is 487 g/mol. The highest BCUT2D eigenvalue weighted by Crippen LogP contribution is 2.28. The number of benzene rings is 2. The number of halogens is 1. The molecule has 3 aromatic rings. The number of sulfonamides is 1. The number of nitrogens with one attached hydrogen (secondary N) is 1. The Morgan fingerprint density at radius 3 is 2.70 bits per heavy atom. The van der Waals surface area contributed by atoms with Crippen LogP contribution in [0.4, 0.5) is 0 Å². The van der Waals surface area contributed by atoms with Crippen molar-refractivity contribution in [2.24, 2.45) is 0 Å². The number of aliphatic hydroxyl groups excluding tert-OH is 1. The SMILES string of the molecule is N#C/C(=C(/O)COC(=O)C1CCCN1S(=O)(=O)c1ccc(Cl)cc1)c1nc2ccccc2[nH]1. The number of aromatic nitrogens is 2. The van der Waals surface area contributed by atoms with Crippen LogP contribution in [0.5, 0.6) is 0 Å². The molecule has 2 heterocycles. The Balaban J connectivity index is 1.50. The zero-order chi connectivity index (χ0) is 23.6. The fraction of sp³-hybridized carbons (Fsp3) is 0.227. The van der Waals surface area contributed by atoms with Crippen LogP contribution in [0.2, 0.25) is 5.02 Å². The molecule has 2 aromatic carbocycles. The number of carbonyl (C=O) groups excluding carboxylic acids is 1. The number of nitriles is 1. The van der Waals surface area contributed by atoms with Gasteiger partial charge in [0.15, 0.2) is 11.6 Å². The van der Waals surface area contributed by atoms with Crippen LogP contribution in [0.1, 0.15) is 18.7 Å². The lowest BCUT2D eigenvalue weighted by molar-refractivity contribution is -0.147. The fourth-order valence-corrected chi connectivity index (χ4v) is 5.41. The number of hydrogen-bond acceptors (Lipinski definition) is 7. The Morgan fingerprint density at radius 1 is 1.27 bits per heavy atom. The molecule has 11 heteroatoms. The molecule has 0 aliphatic carbocycles. The van der Waals surface area contributed by atoms with Crippen molar-refractivity contribution in [2.75, 3.05) is 13.2 Å². The maximum Gasteiger partial charge on any atom is 0.324 e. The van der Waals surface area contributed by atoms with Crippen LogP contribution in [0.15, 0.2) is 59.2 Å². The van der Waals surface area contributed by atoms with Gasteiger partial charge in [-0.15, -0.1) is 0 Å². The Morgan fingerprint density at radius 2 is 2.00 bits per heavy atom. The molecule has 0 bridgehead atoms. The largest absolute Gasteiger partial charge is 0.507 e. The second kappa shape index (κ2) is 9.23. The van der Waals surface area contributed by atoms with Crippen molar-refractivity contribution >= 4 is 44.2 Å². The van der Waals surface area contributed by atoms with Gasteiger partial charge in [-0.2, -0.15) is 9.57 Å². The van der Waals surface area contributed by atoms with Gasteiger partial charge >= 0.3 is 5.97 Å². The van der Waals surface area contributed by atoms with Crippen molar-refractivity contribution in [1.29, 1.82) is 5.26 Å². The molecule has 33 heavy (non-hydrogen) atoms. The van der Waals surface area contributed by atoms with E-state index in [1.807, 2.05) is 6.07 Å². The van der Waals surface area contributed by atoms with Gasteiger partial charge in [-0.25, -0.2) is 13.4 Å². The lowest BCUT2D eigenvalue weighted by atomic mass is 10.2. The van der Waals surface area contributed by atoms with E-state index < -0.39 is 34.4 Å². The molecule has 170 valence electrons. The third-order valence-corrected chi connectivity index (χ3v) is 7.45. The molecule has 0 spiro atoms. The van der Waals surface area contributed by atoms with Crippen LogP contribution in [-0.4, -0.2) is 53.0 Å². The van der Waals surface area contributed by atoms with Gasteiger partial charge in [-0.1, -0.05) is 23.7 Å². The Bertz CT molecular complexity index is 1340. The number of allylic oxidation sites excluding steroid dienone is 1. The number of rotatable bonds is 6. The summed E-state index contributed by atoms with van der Waals surface area (Å²) in [6.45, 7) is -0.431. The summed E-state index contributed by atoms with van der Waals surface area (Å²) >= 11 is 5.84. The van der Waals surface area contributed by atoms with Crippen LogP contribution in [0.3, 0.4) is 0 Å². The first-order valence-corrected chi connectivity index (χ1v) is 11.8. The molecule has 1 saturated heterocycles. The van der Waals surface area contributed by atoms with Crippen LogP contribution in [0, 0.1) is 11.3 Å². The molecule has 1 atom stereocenters. The van der Waals surface area contributed by atoms with Gasteiger partial charge in [0, 0.05) is 11.6 Å². The van der Waals surface area contributed by atoms with Crippen molar-refractivity contribution < 1.29 is 23.1 Å². The van der Waals surface area contributed by atoms with E-state index in [0.29, 0.717) is 22.5 Å². The van der Waals surface area contributed by atoms with Gasteiger partial charge in [0.2, 0.25) is 10.0 Å². The summed E-state index contributed by atoms with van der Waals surface area (Å²) in [4.78, 5) is 19.9. The summed E-state index contributed by atoms with van der Waals surface area (Å²) in [6, 6.07) is 13.6. The minimum absolute atomic E-state index is 0.0194.